The van der Waals surface area contributed by atoms with Gasteiger partial charge in [0.1, 0.15) is 0 Å². The van der Waals surface area contributed by atoms with Crippen LogP contribution in [-0.2, 0) is 0 Å². The number of carbonyl (C=O) groups is 1. The number of nitrogens with two attached hydrogens (primary N) is 1. The highest BCUT2D eigenvalue weighted by Crippen LogP contribution is 2.38. The van der Waals surface area contributed by atoms with Crippen LogP contribution in [0.15, 0.2) is 60.9 Å². The molecule has 0 spiro atoms. The highest BCUT2D eigenvalue weighted by atomic mass is 16.3. The molecule has 25 heavy (non-hydrogen) atoms. The fraction of sp³-hybridized carbons (Fsp3) is 0.0526. The fourth-order valence-corrected chi connectivity index (χ4v) is 2.68. The highest BCUT2D eigenvalue weighted by molar-refractivity contribution is 5.92. The van der Waals surface area contributed by atoms with Crippen LogP contribution >= 0.6 is 0 Å². The summed E-state index contributed by atoms with van der Waals surface area (Å²) >= 11 is 0. The minimum absolute atomic E-state index is 0.368. The zero-order valence-electron chi connectivity index (χ0n) is 13.1. The number of pyridine rings is 1. The van der Waals surface area contributed by atoms with Crippen molar-refractivity contribution in [2.45, 2.75) is 6.04 Å². The highest BCUT2D eigenvalue weighted by Gasteiger charge is 2.26. The van der Waals surface area contributed by atoms with E-state index in [9.17, 15) is 20.1 Å². The van der Waals surface area contributed by atoms with Gasteiger partial charge in [0.15, 0.2) is 29.6 Å². The average molecular weight is 336 g/mol. The summed E-state index contributed by atoms with van der Waals surface area (Å²) in [6.07, 6.45) is 3.37. The Bertz CT molecular complexity index is 885. The molecule has 0 aliphatic carbocycles. The van der Waals surface area contributed by atoms with Gasteiger partial charge in [-0.1, -0.05) is 24.3 Å². The predicted octanol–water partition coefficient (Wildman–Crippen LogP) is 1.63. The summed E-state index contributed by atoms with van der Waals surface area (Å²) in [6.45, 7) is 0. The van der Waals surface area contributed by atoms with Crippen LogP contribution in [0.2, 0.25) is 0 Å². The van der Waals surface area contributed by atoms with Crippen molar-refractivity contribution >= 4 is 5.91 Å². The number of aromatic nitrogens is 1. The van der Waals surface area contributed by atoms with E-state index in [1.165, 1.54) is 12.1 Å². The van der Waals surface area contributed by atoms with E-state index in [4.69, 9.17) is 5.73 Å². The molecule has 0 aliphatic rings. The predicted molar refractivity (Wildman–Crippen MR) is 89.1 cm³/mol. The normalized spacial score (nSPS) is 11.8. The Morgan fingerprint density at radius 3 is 2.04 bits per heavy atom. The number of primary amides is 1. The second-order valence-corrected chi connectivity index (χ2v) is 5.54. The van der Waals surface area contributed by atoms with Gasteiger partial charge in [0.05, 0.1) is 5.56 Å². The maximum atomic E-state index is 11.3. The number of aromatic hydroxyl groups is 3. The van der Waals surface area contributed by atoms with E-state index >= 15 is 0 Å². The second kappa shape index (κ2) is 6.52. The summed E-state index contributed by atoms with van der Waals surface area (Å²) in [5.41, 5.74) is 7.05. The van der Waals surface area contributed by atoms with Crippen LogP contribution in [0.1, 0.15) is 27.5 Å². The van der Waals surface area contributed by atoms with Gasteiger partial charge >= 0.3 is 0 Å². The molecule has 6 nitrogen and oxygen atoms in total. The SMILES string of the molecule is NC(=O)c1cc[n+](C(c2cc[c]cc2)c2cc(O)c(O)c(O)c2)cc1. The molecule has 1 unspecified atom stereocenters. The summed E-state index contributed by atoms with van der Waals surface area (Å²) in [7, 11) is 0. The lowest BCUT2D eigenvalue weighted by molar-refractivity contribution is -0.704. The molecule has 1 atom stereocenters. The van der Waals surface area contributed by atoms with Gasteiger partial charge in [0, 0.05) is 23.3 Å². The quantitative estimate of drug-likeness (QED) is 0.429. The van der Waals surface area contributed by atoms with E-state index in [0.29, 0.717) is 11.1 Å². The van der Waals surface area contributed by atoms with Gasteiger partial charge < -0.3 is 21.1 Å². The molecule has 5 N–H and O–H groups in total. The van der Waals surface area contributed by atoms with Crippen LogP contribution in [0.3, 0.4) is 0 Å². The van der Waals surface area contributed by atoms with Gasteiger partial charge in [-0.25, -0.2) is 0 Å². The van der Waals surface area contributed by atoms with Gasteiger partial charge in [0.25, 0.3) is 0 Å². The number of benzene rings is 2. The van der Waals surface area contributed by atoms with E-state index in [2.05, 4.69) is 6.07 Å². The van der Waals surface area contributed by atoms with Crippen molar-refractivity contribution in [2.24, 2.45) is 5.73 Å². The summed E-state index contributed by atoms with van der Waals surface area (Å²) in [6, 6.07) is 15.7. The third kappa shape index (κ3) is 3.23. The average Bonchev–Trinajstić information content (AvgIpc) is 2.61. The maximum absolute atomic E-state index is 11.3. The van der Waals surface area contributed by atoms with E-state index in [-0.39, 0.29) is 0 Å². The number of hydrogen-bond donors (Lipinski definition) is 4. The fourth-order valence-electron chi connectivity index (χ4n) is 2.68. The Balaban J connectivity index is 2.15. The molecule has 3 rings (SSSR count). The van der Waals surface area contributed by atoms with Crippen LogP contribution in [0.25, 0.3) is 0 Å². The topological polar surface area (TPSA) is 108 Å². The van der Waals surface area contributed by atoms with Crippen molar-refractivity contribution in [2.75, 3.05) is 0 Å². The number of nitrogens with zero attached hydrogens (tertiary/aromatic N) is 1. The number of carbonyl (C=O) groups excluding carboxylic acids is 1. The lowest BCUT2D eigenvalue weighted by atomic mass is 9.97. The van der Waals surface area contributed by atoms with Crippen molar-refractivity contribution in [1.82, 2.24) is 0 Å². The first kappa shape index (κ1) is 16.3. The second-order valence-electron chi connectivity index (χ2n) is 5.54. The number of rotatable bonds is 4. The van der Waals surface area contributed by atoms with Crippen LogP contribution in [0.5, 0.6) is 17.2 Å². The Morgan fingerprint density at radius 1 is 0.960 bits per heavy atom. The van der Waals surface area contributed by atoms with Crippen LogP contribution in [0, 0.1) is 6.07 Å². The van der Waals surface area contributed by atoms with Crippen LogP contribution in [-0.4, -0.2) is 21.2 Å². The van der Waals surface area contributed by atoms with Gasteiger partial charge in [-0.3, -0.25) is 4.79 Å². The van der Waals surface area contributed by atoms with Crippen molar-refractivity contribution in [3.8, 4) is 17.2 Å². The van der Waals surface area contributed by atoms with Gasteiger partial charge in [-0.2, -0.15) is 4.57 Å². The smallest absolute Gasteiger partial charge is 0.249 e. The first-order valence-corrected chi connectivity index (χ1v) is 7.49. The summed E-state index contributed by atoms with van der Waals surface area (Å²) in [5.74, 6) is -1.94. The Hall–Kier alpha value is -3.54. The minimum atomic E-state index is -0.571. The third-order valence-corrected chi connectivity index (χ3v) is 3.90. The minimum Gasteiger partial charge on any atom is -0.504 e. The van der Waals surface area contributed by atoms with Crippen molar-refractivity contribution in [3.05, 3.63) is 83.7 Å². The molecule has 0 saturated carbocycles. The molecular weight excluding hydrogens is 320 g/mol. The molecule has 1 amide bonds. The molecule has 0 aliphatic heterocycles. The first-order chi connectivity index (χ1) is 12.0. The molecular formula is C19H16N2O4+. The monoisotopic (exact) mass is 336 g/mol. The largest absolute Gasteiger partial charge is 0.504 e. The zero-order valence-corrected chi connectivity index (χ0v) is 13.1. The number of phenolic OH excluding ortho intramolecular Hbond substituents is 3. The van der Waals surface area contributed by atoms with Crippen molar-refractivity contribution in [3.63, 3.8) is 0 Å². The van der Waals surface area contributed by atoms with Gasteiger partial charge in [-0.15, -0.1) is 0 Å². The number of hydrogen-bond acceptors (Lipinski definition) is 4. The molecule has 0 bridgehead atoms. The van der Waals surface area contributed by atoms with Crippen molar-refractivity contribution in [1.29, 1.82) is 0 Å². The molecule has 6 heteroatoms. The molecule has 125 valence electrons. The zero-order chi connectivity index (χ0) is 18.0. The Kier molecular flexibility index (Phi) is 4.26. The van der Waals surface area contributed by atoms with E-state index in [1.807, 2.05) is 12.1 Å². The summed E-state index contributed by atoms with van der Waals surface area (Å²) in [4.78, 5) is 11.3. The van der Waals surface area contributed by atoms with Gasteiger partial charge in [0.2, 0.25) is 11.9 Å². The number of amides is 1. The first-order valence-electron chi connectivity index (χ1n) is 7.49. The van der Waals surface area contributed by atoms with Gasteiger partial charge in [-0.05, 0) is 18.2 Å². The molecule has 1 heterocycles. The lowest BCUT2D eigenvalue weighted by Crippen LogP contribution is -2.40. The molecule has 2 aromatic carbocycles. The molecule has 0 saturated heterocycles. The third-order valence-electron chi connectivity index (χ3n) is 3.90. The lowest BCUT2D eigenvalue weighted by Gasteiger charge is -2.15. The molecule has 1 radical (unpaired) electrons. The Labute approximate surface area is 144 Å². The number of phenols is 3. The Morgan fingerprint density at radius 2 is 1.52 bits per heavy atom. The maximum Gasteiger partial charge on any atom is 0.249 e. The van der Waals surface area contributed by atoms with Crippen LogP contribution in [0.4, 0.5) is 0 Å². The molecule has 3 aromatic rings. The van der Waals surface area contributed by atoms with E-state index < -0.39 is 29.2 Å². The molecule has 0 fully saturated rings. The van der Waals surface area contributed by atoms with Crippen LogP contribution < -0.4 is 10.3 Å². The van der Waals surface area contributed by atoms with Crippen molar-refractivity contribution < 1.29 is 24.7 Å². The standard InChI is InChI=1S/C19H15N2O4/c20-19(25)13-6-8-21(9-7-13)17(12-4-2-1-3-5-12)14-10-15(22)18(24)16(23)11-14/h2-11,17H,20H2,(H2,22,23,25)/p+1. The summed E-state index contributed by atoms with van der Waals surface area (Å²) < 4.78 is 1.80. The van der Waals surface area contributed by atoms with E-state index in [0.717, 1.165) is 5.56 Å². The molecule has 1 aromatic heterocycles. The van der Waals surface area contributed by atoms with E-state index in [1.54, 1.807) is 41.2 Å². The summed E-state index contributed by atoms with van der Waals surface area (Å²) in [5, 5.41) is 29.3.